The van der Waals surface area contributed by atoms with Crippen LogP contribution in [-0.4, -0.2) is 16.9 Å². The fraction of sp³-hybridized carbons (Fsp3) is 1.00. The van der Waals surface area contributed by atoms with Gasteiger partial charge in [0.2, 0.25) is 5.72 Å². The molecule has 0 unspecified atom stereocenters. The number of nitrogens with zero attached hydrogens (tertiary/aromatic N) is 2. The summed E-state index contributed by atoms with van der Waals surface area (Å²) in [6.07, 6.45) is 0.874. The molecule has 0 heterocycles. The first-order chi connectivity index (χ1) is 6.97. The van der Waals surface area contributed by atoms with Gasteiger partial charge in [-0.3, -0.25) is 0 Å². The van der Waals surface area contributed by atoms with Crippen molar-refractivity contribution in [1.82, 2.24) is 0 Å². The van der Waals surface area contributed by atoms with E-state index < -0.39 is 5.72 Å². The molecule has 0 rings (SSSR count). The van der Waals surface area contributed by atoms with Crippen molar-refractivity contribution in [1.29, 1.82) is 0 Å². The standard InChI is InChI=1S/C12H26N2O2/c1-9-11(5,6)15-16-12(7,8)14-13-10(2,3)4/h9H2,1-8H3. The Bertz CT molecular complexity index is 240. The van der Waals surface area contributed by atoms with Crippen LogP contribution < -0.4 is 0 Å². The highest BCUT2D eigenvalue weighted by Crippen LogP contribution is 2.21. The highest BCUT2D eigenvalue weighted by molar-refractivity contribution is 4.70. The zero-order valence-corrected chi connectivity index (χ0v) is 11.9. The molecule has 0 bridgehead atoms. The number of hydrogen-bond acceptors (Lipinski definition) is 4. The van der Waals surface area contributed by atoms with Crippen molar-refractivity contribution >= 4 is 0 Å². The van der Waals surface area contributed by atoms with Crippen molar-refractivity contribution in [2.75, 3.05) is 0 Å². The van der Waals surface area contributed by atoms with Gasteiger partial charge in [-0.15, -0.1) is 0 Å². The van der Waals surface area contributed by atoms with Crippen molar-refractivity contribution < 1.29 is 9.78 Å². The zero-order valence-electron chi connectivity index (χ0n) is 11.9. The van der Waals surface area contributed by atoms with Crippen molar-refractivity contribution in [2.45, 2.75) is 78.7 Å². The molecule has 0 aromatic heterocycles. The summed E-state index contributed by atoms with van der Waals surface area (Å²) in [5, 5.41) is 8.32. The molecule has 96 valence electrons. The number of rotatable bonds is 5. The minimum absolute atomic E-state index is 0.194. The Hall–Kier alpha value is -0.480. The average Bonchev–Trinajstić information content (AvgIpc) is 2.12. The quantitative estimate of drug-likeness (QED) is 0.405. The van der Waals surface area contributed by atoms with Crippen molar-refractivity contribution in [2.24, 2.45) is 10.2 Å². The second kappa shape index (κ2) is 5.23. The van der Waals surface area contributed by atoms with E-state index in [1.54, 1.807) is 0 Å². The molecule has 0 spiro atoms. The summed E-state index contributed by atoms with van der Waals surface area (Å²) in [7, 11) is 0. The molecule has 0 saturated heterocycles. The number of azo groups is 1. The molecule has 0 N–H and O–H groups in total. The Morgan fingerprint density at radius 2 is 1.31 bits per heavy atom. The topological polar surface area (TPSA) is 43.2 Å². The van der Waals surface area contributed by atoms with Crippen LogP contribution in [0, 0.1) is 0 Å². The normalized spacial score (nSPS) is 14.8. The van der Waals surface area contributed by atoms with Gasteiger partial charge in [-0.25, -0.2) is 9.78 Å². The first-order valence-corrected chi connectivity index (χ1v) is 5.78. The Balaban J connectivity index is 4.31. The minimum atomic E-state index is -0.750. The van der Waals surface area contributed by atoms with Gasteiger partial charge < -0.3 is 0 Å². The summed E-state index contributed by atoms with van der Waals surface area (Å²) in [6, 6.07) is 0. The SMILES string of the molecule is CCC(C)(C)OOC(C)(C)N=NC(C)(C)C. The zero-order chi connectivity index (χ0) is 13.0. The molecule has 0 fully saturated rings. The van der Waals surface area contributed by atoms with Gasteiger partial charge in [0.15, 0.2) is 0 Å². The Morgan fingerprint density at radius 1 is 0.812 bits per heavy atom. The van der Waals surface area contributed by atoms with E-state index in [0.29, 0.717) is 0 Å². The maximum Gasteiger partial charge on any atom is 0.206 e. The van der Waals surface area contributed by atoms with Gasteiger partial charge in [0.1, 0.15) is 0 Å². The van der Waals surface area contributed by atoms with Crippen molar-refractivity contribution in [3.05, 3.63) is 0 Å². The second-order valence-electron chi connectivity index (χ2n) is 6.10. The summed E-state index contributed by atoms with van der Waals surface area (Å²) >= 11 is 0. The Labute approximate surface area is 99.4 Å². The Morgan fingerprint density at radius 3 is 1.69 bits per heavy atom. The molecule has 0 atom stereocenters. The third-order valence-electron chi connectivity index (χ3n) is 1.91. The molecular weight excluding hydrogens is 204 g/mol. The van der Waals surface area contributed by atoms with Gasteiger partial charge in [-0.2, -0.15) is 10.2 Å². The van der Waals surface area contributed by atoms with Crippen LogP contribution in [0.2, 0.25) is 0 Å². The Kier molecular flexibility index (Phi) is 5.08. The van der Waals surface area contributed by atoms with E-state index in [1.165, 1.54) is 0 Å². The largest absolute Gasteiger partial charge is 0.228 e. The summed E-state index contributed by atoms with van der Waals surface area (Å²) in [5.41, 5.74) is -1.24. The molecule has 0 saturated carbocycles. The summed E-state index contributed by atoms with van der Waals surface area (Å²) in [4.78, 5) is 10.7. The van der Waals surface area contributed by atoms with E-state index in [0.717, 1.165) is 6.42 Å². The second-order valence-corrected chi connectivity index (χ2v) is 6.10. The maximum absolute atomic E-state index is 5.35. The van der Waals surface area contributed by atoms with E-state index in [9.17, 15) is 0 Å². The van der Waals surface area contributed by atoms with Gasteiger partial charge in [0.05, 0.1) is 11.1 Å². The smallest absolute Gasteiger partial charge is 0.206 e. The molecule has 16 heavy (non-hydrogen) atoms. The van der Waals surface area contributed by atoms with Crippen LogP contribution in [0.15, 0.2) is 10.2 Å². The highest BCUT2D eigenvalue weighted by Gasteiger charge is 2.25. The highest BCUT2D eigenvalue weighted by atomic mass is 17.2. The van der Waals surface area contributed by atoms with Gasteiger partial charge in [0, 0.05) is 0 Å². The molecule has 0 radical (unpaired) electrons. The summed E-state index contributed by atoms with van der Waals surface area (Å²) < 4.78 is 0. The van der Waals surface area contributed by atoms with Crippen molar-refractivity contribution in [3.8, 4) is 0 Å². The predicted molar refractivity (Wildman–Crippen MR) is 65.2 cm³/mol. The van der Waals surface area contributed by atoms with Gasteiger partial charge in [-0.05, 0) is 54.9 Å². The van der Waals surface area contributed by atoms with E-state index in [1.807, 2.05) is 55.4 Å². The lowest BCUT2D eigenvalue weighted by Gasteiger charge is -2.27. The van der Waals surface area contributed by atoms with E-state index in [4.69, 9.17) is 9.78 Å². The van der Waals surface area contributed by atoms with Crippen LogP contribution in [0.4, 0.5) is 0 Å². The fourth-order valence-electron chi connectivity index (χ4n) is 0.561. The summed E-state index contributed by atoms with van der Waals surface area (Å²) in [5.74, 6) is 0. The van der Waals surface area contributed by atoms with Crippen LogP contribution >= 0.6 is 0 Å². The average molecular weight is 230 g/mol. The molecule has 0 aromatic rings. The molecule has 0 amide bonds. The molecule has 0 aromatic carbocycles. The van der Waals surface area contributed by atoms with Crippen molar-refractivity contribution in [3.63, 3.8) is 0 Å². The van der Waals surface area contributed by atoms with E-state index in [2.05, 4.69) is 10.2 Å². The first kappa shape index (κ1) is 15.5. The lowest BCUT2D eigenvalue weighted by atomic mass is 10.1. The molecule has 4 nitrogen and oxygen atoms in total. The van der Waals surface area contributed by atoms with Gasteiger partial charge in [-0.1, -0.05) is 6.92 Å². The van der Waals surface area contributed by atoms with E-state index in [-0.39, 0.29) is 11.1 Å². The van der Waals surface area contributed by atoms with Gasteiger partial charge in [0.25, 0.3) is 0 Å². The molecule has 0 aliphatic heterocycles. The fourth-order valence-corrected chi connectivity index (χ4v) is 0.561. The molecule has 4 heteroatoms. The predicted octanol–water partition coefficient (Wildman–Crippen LogP) is 4.11. The minimum Gasteiger partial charge on any atom is -0.228 e. The molecule has 0 aliphatic rings. The van der Waals surface area contributed by atoms with Crippen LogP contribution in [0.1, 0.15) is 61.8 Å². The monoisotopic (exact) mass is 230 g/mol. The van der Waals surface area contributed by atoms with E-state index >= 15 is 0 Å². The third kappa shape index (κ3) is 7.77. The van der Waals surface area contributed by atoms with Gasteiger partial charge >= 0.3 is 0 Å². The summed E-state index contributed by atoms with van der Waals surface area (Å²) in [6.45, 7) is 15.6. The lowest BCUT2D eigenvalue weighted by molar-refractivity contribution is -0.400. The molecule has 0 aliphatic carbocycles. The third-order valence-corrected chi connectivity index (χ3v) is 1.91. The number of hydrogen-bond donors (Lipinski definition) is 0. The molecular formula is C12H26N2O2. The lowest BCUT2D eigenvalue weighted by Crippen LogP contribution is -2.31. The maximum atomic E-state index is 5.35. The first-order valence-electron chi connectivity index (χ1n) is 5.78. The van der Waals surface area contributed by atoms with Crippen LogP contribution in [0.25, 0.3) is 0 Å². The van der Waals surface area contributed by atoms with Crippen LogP contribution in [0.5, 0.6) is 0 Å². The van der Waals surface area contributed by atoms with Crippen LogP contribution in [-0.2, 0) is 9.78 Å². The van der Waals surface area contributed by atoms with Crippen LogP contribution in [0.3, 0.4) is 0 Å².